The quantitative estimate of drug-likeness (QED) is 0.624. The number of hydrogen-bond donors (Lipinski definition) is 3. The van der Waals surface area contributed by atoms with Crippen molar-refractivity contribution in [1.82, 2.24) is 10.2 Å². The van der Waals surface area contributed by atoms with Crippen LogP contribution in [0.4, 0.5) is 4.79 Å². The molecule has 1 aliphatic carbocycles. The maximum atomic E-state index is 11.9. The molecule has 3 amide bonds. The van der Waals surface area contributed by atoms with Crippen molar-refractivity contribution in [1.29, 1.82) is 0 Å². The molecule has 7 heteroatoms. The van der Waals surface area contributed by atoms with E-state index in [0.717, 1.165) is 43.4 Å². The monoisotopic (exact) mass is 271 g/mol. The summed E-state index contributed by atoms with van der Waals surface area (Å²) in [7, 11) is 0. The van der Waals surface area contributed by atoms with Crippen LogP contribution in [0.1, 0.15) is 38.5 Å². The number of carbonyl (C=O) groups excluding carboxylic acids is 2. The van der Waals surface area contributed by atoms with Crippen molar-refractivity contribution < 1.29 is 19.5 Å². The molecule has 1 saturated carbocycles. The van der Waals surface area contributed by atoms with Crippen LogP contribution in [-0.2, 0) is 9.59 Å². The molecule has 0 aliphatic heterocycles. The smallest absolute Gasteiger partial charge is 0.323 e. The highest BCUT2D eigenvalue weighted by atomic mass is 16.4. The van der Waals surface area contributed by atoms with Gasteiger partial charge in [-0.15, -0.1) is 0 Å². The molecule has 0 aromatic heterocycles. The lowest BCUT2D eigenvalue weighted by atomic mass is 10.1. The van der Waals surface area contributed by atoms with E-state index in [1.165, 1.54) is 0 Å². The summed E-state index contributed by atoms with van der Waals surface area (Å²) in [5, 5.41) is 11.5. The third kappa shape index (κ3) is 6.08. The van der Waals surface area contributed by atoms with Gasteiger partial charge in [-0.3, -0.25) is 9.59 Å². The topological polar surface area (TPSA) is 113 Å². The van der Waals surface area contributed by atoms with Gasteiger partial charge in [0.1, 0.15) is 13.1 Å². The van der Waals surface area contributed by atoms with E-state index in [1.807, 2.05) is 0 Å². The second-order valence-electron chi connectivity index (χ2n) is 4.85. The van der Waals surface area contributed by atoms with E-state index in [9.17, 15) is 14.4 Å². The highest BCUT2D eigenvalue weighted by molar-refractivity contribution is 5.86. The molecule has 0 aromatic rings. The summed E-state index contributed by atoms with van der Waals surface area (Å²) < 4.78 is 0. The van der Waals surface area contributed by atoms with Gasteiger partial charge in [-0.05, 0) is 12.8 Å². The van der Waals surface area contributed by atoms with Gasteiger partial charge in [0.15, 0.2) is 0 Å². The van der Waals surface area contributed by atoms with Crippen LogP contribution in [0.25, 0.3) is 0 Å². The number of nitrogens with two attached hydrogens (primary N) is 1. The minimum Gasteiger partial charge on any atom is -0.480 e. The molecule has 0 spiro atoms. The molecule has 108 valence electrons. The molecule has 0 saturated heterocycles. The molecule has 0 aromatic carbocycles. The maximum Gasteiger partial charge on any atom is 0.323 e. The molecule has 0 radical (unpaired) electrons. The van der Waals surface area contributed by atoms with Crippen LogP contribution in [0.2, 0.25) is 0 Å². The molecular formula is C12H21N3O4. The van der Waals surface area contributed by atoms with Gasteiger partial charge < -0.3 is 21.1 Å². The molecule has 1 fully saturated rings. The van der Waals surface area contributed by atoms with Crippen LogP contribution in [0, 0.1) is 0 Å². The number of carbonyl (C=O) groups is 3. The number of hydrogen-bond acceptors (Lipinski definition) is 3. The summed E-state index contributed by atoms with van der Waals surface area (Å²) in [5.41, 5.74) is 5.01. The molecule has 7 nitrogen and oxygen atoms in total. The fourth-order valence-electron chi connectivity index (χ4n) is 2.24. The number of primary amides is 1. The van der Waals surface area contributed by atoms with E-state index in [4.69, 9.17) is 10.8 Å². The number of nitrogens with one attached hydrogen (secondary N) is 1. The number of rotatable bonds is 5. The highest BCUT2D eigenvalue weighted by Crippen LogP contribution is 2.17. The zero-order chi connectivity index (χ0) is 14.3. The largest absolute Gasteiger partial charge is 0.480 e. The Hall–Kier alpha value is -1.79. The number of nitrogens with zero attached hydrogens (tertiary/aromatic N) is 1. The van der Waals surface area contributed by atoms with Gasteiger partial charge in [0.25, 0.3) is 0 Å². The molecule has 1 aliphatic rings. The summed E-state index contributed by atoms with van der Waals surface area (Å²) in [6.07, 6.45) is 6.21. The Labute approximate surface area is 112 Å². The second-order valence-corrected chi connectivity index (χ2v) is 4.85. The fraction of sp³-hybridized carbons (Fsp3) is 0.750. The molecule has 4 N–H and O–H groups in total. The molecule has 1 rings (SSSR count). The molecule has 0 unspecified atom stereocenters. The van der Waals surface area contributed by atoms with E-state index >= 15 is 0 Å². The summed E-state index contributed by atoms with van der Waals surface area (Å²) in [6, 6.07) is -0.479. The van der Waals surface area contributed by atoms with Crippen molar-refractivity contribution in [3.05, 3.63) is 0 Å². The maximum absolute atomic E-state index is 11.9. The van der Waals surface area contributed by atoms with Crippen molar-refractivity contribution in [2.24, 2.45) is 5.73 Å². The highest BCUT2D eigenvalue weighted by Gasteiger charge is 2.22. The average molecular weight is 271 g/mol. The van der Waals surface area contributed by atoms with E-state index in [-0.39, 0.29) is 12.6 Å². The zero-order valence-corrected chi connectivity index (χ0v) is 10.9. The molecule has 0 bridgehead atoms. The van der Waals surface area contributed by atoms with Gasteiger partial charge in [-0.1, -0.05) is 25.7 Å². The minimum absolute atomic E-state index is 0.0548. The van der Waals surface area contributed by atoms with Crippen LogP contribution in [0.15, 0.2) is 0 Å². The molecule has 0 atom stereocenters. The Morgan fingerprint density at radius 3 is 2.16 bits per heavy atom. The van der Waals surface area contributed by atoms with E-state index in [2.05, 4.69) is 5.32 Å². The van der Waals surface area contributed by atoms with E-state index in [0.29, 0.717) is 0 Å². The molecular weight excluding hydrogens is 250 g/mol. The Bertz CT molecular complexity index is 322. The number of amides is 3. The Kier molecular flexibility index (Phi) is 6.11. The first-order valence-electron chi connectivity index (χ1n) is 6.54. The molecule has 0 heterocycles. The van der Waals surface area contributed by atoms with Crippen molar-refractivity contribution >= 4 is 17.9 Å². The second kappa shape index (κ2) is 7.60. The Morgan fingerprint density at radius 1 is 1.11 bits per heavy atom. The zero-order valence-electron chi connectivity index (χ0n) is 10.9. The van der Waals surface area contributed by atoms with E-state index in [1.54, 1.807) is 0 Å². The van der Waals surface area contributed by atoms with Gasteiger partial charge in [0.05, 0.1) is 0 Å². The minimum atomic E-state index is -1.17. The van der Waals surface area contributed by atoms with Crippen molar-refractivity contribution in [3.63, 3.8) is 0 Å². The number of aliphatic carboxylic acids is 1. The third-order valence-electron chi connectivity index (χ3n) is 3.14. The average Bonchev–Trinajstić information content (AvgIpc) is 2.55. The normalized spacial score (nSPS) is 16.4. The van der Waals surface area contributed by atoms with Crippen LogP contribution in [-0.4, -0.2) is 47.0 Å². The van der Waals surface area contributed by atoms with E-state index < -0.39 is 24.5 Å². The van der Waals surface area contributed by atoms with Gasteiger partial charge in [0, 0.05) is 6.04 Å². The lowest BCUT2D eigenvalue weighted by Gasteiger charge is -2.23. The van der Waals surface area contributed by atoms with Crippen LogP contribution < -0.4 is 11.1 Å². The van der Waals surface area contributed by atoms with Gasteiger partial charge >= 0.3 is 12.0 Å². The summed E-state index contributed by atoms with van der Waals surface area (Å²) in [6.45, 7) is -0.910. The van der Waals surface area contributed by atoms with Gasteiger partial charge in [-0.25, -0.2) is 4.79 Å². The predicted octanol–water partition coefficient (Wildman–Crippen LogP) is 0.291. The Morgan fingerprint density at radius 2 is 1.68 bits per heavy atom. The standard InChI is InChI=1S/C12H21N3O4/c13-10(16)7-15(8-11(17)18)12(19)14-9-5-3-1-2-4-6-9/h9H,1-8H2,(H2,13,16)(H,14,19)(H,17,18). The van der Waals surface area contributed by atoms with Crippen molar-refractivity contribution in [3.8, 4) is 0 Å². The first-order chi connectivity index (χ1) is 8.99. The van der Waals surface area contributed by atoms with Gasteiger partial charge in [0.2, 0.25) is 5.91 Å². The SMILES string of the molecule is NC(=O)CN(CC(=O)O)C(=O)NC1CCCCCC1. The first kappa shape index (κ1) is 15.3. The van der Waals surface area contributed by atoms with Crippen LogP contribution >= 0.6 is 0 Å². The third-order valence-corrected chi connectivity index (χ3v) is 3.14. The van der Waals surface area contributed by atoms with Crippen LogP contribution in [0.5, 0.6) is 0 Å². The number of carboxylic acids is 1. The molecule has 19 heavy (non-hydrogen) atoms. The fourth-order valence-corrected chi connectivity index (χ4v) is 2.24. The van der Waals surface area contributed by atoms with Crippen molar-refractivity contribution in [2.75, 3.05) is 13.1 Å². The summed E-state index contributed by atoms with van der Waals surface area (Å²) in [4.78, 5) is 34.4. The first-order valence-corrected chi connectivity index (χ1v) is 6.54. The number of urea groups is 1. The summed E-state index contributed by atoms with van der Waals surface area (Å²) in [5.74, 6) is -1.89. The lowest BCUT2D eigenvalue weighted by molar-refractivity contribution is -0.137. The summed E-state index contributed by atoms with van der Waals surface area (Å²) >= 11 is 0. The number of carboxylic acid groups (broad SMARTS) is 1. The van der Waals surface area contributed by atoms with Gasteiger partial charge in [-0.2, -0.15) is 0 Å². The predicted molar refractivity (Wildman–Crippen MR) is 68.4 cm³/mol. The van der Waals surface area contributed by atoms with Crippen LogP contribution in [0.3, 0.4) is 0 Å². The lowest BCUT2D eigenvalue weighted by Crippen LogP contribution is -2.49. The van der Waals surface area contributed by atoms with Crippen molar-refractivity contribution in [2.45, 2.75) is 44.6 Å². The Balaban J connectivity index is 2.53.